The number of nitrogens with zero attached hydrogens (tertiary/aromatic N) is 4. The van der Waals surface area contributed by atoms with E-state index in [0.717, 1.165) is 5.56 Å². The Labute approximate surface area is 252 Å². The highest BCUT2D eigenvalue weighted by molar-refractivity contribution is 7.12. The molecule has 0 radical (unpaired) electrons. The van der Waals surface area contributed by atoms with Crippen LogP contribution in [-0.2, 0) is 14.1 Å². The number of thiophene rings is 1. The van der Waals surface area contributed by atoms with E-state index in [0.29, 0.717) is 37.5 Å². The van der Waals surface area contributed by atoms with E-state index in [4.69, 9.17) is 0 Å². The van der Waals surface area contributed by atoms with Crippen molar-refractivity contribution in [1.82, 2.24) is 19.2 Å². The topological polar surface area (TPSA) is 129 Å². The highest BCUT2D eigenvalue weighted by Gasteiger charge is 2.28. The van der Waals surface area contributed by atoms with Gasteiger partial charge in [-0.3, -0.25) is 19.2 Å². The van der Waals surface area contributed by atoms with Crippen LogP contribution in [0.1, 0.15) is 45.0 Å². The lowest BCUT2D eigenvalue weighted by molar-refractivity contribution is 0.0536. The second-order valence-electron chi connectivity index (χ2n) is 10.3. The molecule has 1 atom stereocenters. The first-order valence-corrected chi connectivity index (χ1v) is 14.9. The molecule has 1 saturated heterocycles. The molecular weight excluding hydrogens is 568 g/mol. The number of carbonyl (C=O) groups is 2. The SMILES string of the molecule is CC[C@@H](Nc1c(Nc2cccc(C(=O)N3CCN(C(=O)c4cccs4)CC3)c2O)c(=O)n(C)n(C)c1=O)c1ccccc1. The maximum atomic E-state index is 13.5. The van der Waals surface area contributed by atoms with Crippen LogP contribution in [0.4, 0.5) is 17.1 Å². The van der Waals surface area contributed by atoms with Gasteiger partial charge in [-0.1, -0.05) is 49.4 Å². The first-order valence-electron chi connectivity index (χ1n) is 14.0. The van der Waals surface area contributed by atoms with Gasteiger partial charge >= 0.3 is 0 Å². The van der Waals surface area contributed by atoms with E-state index in [1.54, 1.807) is 28.0 Å². The van der Waals surface area contributed by atoms with Crippen molar-refractivity contribution in [2.24, 2.45) is 14.1 Å². The van der Waals surface area contributed by atoms with Crippen molar-refractivity contribution in [1.29, 1.82) is 0 Å². The minimum absolute atomic E-state index is 0.0411. The van der Waals surface area contributed by atoms with E-state index in [9.17, 15) is 24.3 Å². The van der Waals surface area contributed by atoms with E-state index < -0.39 is 17.0 Å². The Morgan fingerprint density at radius 3 is 2.07 bits per heavy atom. The summed E-state index contributed by atoms with van der Waals surface area (Å²) in [6.45, 7) is 3.35. The van der Waals surface area contributed by atoms with Crippen LogP contribution in [0.25, 0.3) is 0 Å². The summed E-state index contributed by atoms with van der Waals surface area (Å²) in [4.78, 5) is 57.0. The van der Waals surface area contributed by atoms with Gasteiger partial charge in [-0.2, -0.15) is 0 Å². The zero-order valence-corrected chi connectivity index (χ0v) is 25.1. The summed E-state index contributed by atoms with van der Waals surface area (Å²) < 4.78 is 2.40. The Morgan fingerprint density at radius 2 is 1.47 bits per heavy atom. The molecule has 0 saturated carbocycles. The van der Waals surface area contributed by atoms with E-state index in [-0.39, 0.29) is 40.3 Å². The predicted molar refractivity (Wildman–Crippen MR) is 168 cm³/mol. The van der Waals surface area contributed by atoms with Crippen molar-refractivity contribution in [3.8, 4) is 5.75 Å². The number of phenols is 1. The molecule has 12 heteroatoms. The fourth-order valence-corrected chi connectivity index (χ4v) is 5.82. The summed E-state index contributed by atoms with van der Waals surface area (Å²) in [5.74, 6) is -0.795. The summed E-state index contributed by atoms with van der Waals surface area (Å²) in [6, 6.07) is 17.6. The number of nitrogens with one attached hydrogen (secondary N) is 2. The molecule has 0 aliphatic carbocycles. The first kappa shape index (κ1) is 29.6. The van der Waals surface area contributed by atoms with Crippen LogP contribution in [0.15, 0.2) is 75.6 Å². The molecule has 4 aromatic rings. The van der Waals surface area contributed by atoms with Crippen LogP contribution < -0.4 is 21.8 Å². The molecule has 1 aliphatic rings. The smallest absolute Gasteiger partial charge is 0.290 e. The number of carbonyl (C=O) groups excluding carboxylic acids is 2. The van der Waals surface area contributed by atoms with Gasteiger partial charge in [0.25, 0.3) is 22.9 Å². The van der Waals surface area contributed by atoms with Crippen molar-refractivity contribution >= 4 is 40.2 Å². The lowest BCUT2D eigenvalue weighted by Crippen LogP contribution is -2.50. The molecule has 1 fully saturated rings. The standard InChI is InChI=1S/C31H34N6O5S/c1-4-22(20-10-6-5-7-11-20)32-25-26(31(42)35(3)34(2)30(25)41)33-23-13-8-12-21(27(23)38)28(39)36-15-17-37(18-16-36)29(40)24-14-9-19-43-24/h5-14,19,22,32-33,38H,4,15-18H2,1-3H3/t22-/m1/s1. The lowest BCUT2D eigenvalue weighted by Gasteiger charge is -2.34. The number of hydrogen-bond acceptors (Lipinski definition) is 8. The molecule has 3 N–H and O–H groups in total. The number of anilines is 3. The van der Waals surface area contributed by atoms with Gasteiger partial charge in [-0.05, 0) is 35.6 Å². The molecule has 0 spiro atoms. The summed E-state index contributed by atoms with van der Waals surface area (Å²) in [5, 5.41) is 19.3. The number of amides is 2. The molecule has 2 amide bonds. The van der Waals surface area contributed by atoms with Gasteiger partial charge in [0.1, 0.15) is 11.4 Å². The number of aromatic nitrogens is 2. The third-order valence-corrected chi connectivity index (χ3v) is 8.61. The molecule has 5 rings (SSSR count). The zero-order chi connectivity index (χ0) is 30.7. The molecule has 0 unspecified atom stereocenters. The lowest BCUT2D eigenvalue weighted by atomic mass is 10.0. The number of hydrogen-bond donors (Lipinski definition) is 3. The summed E-state index contributed by atoms with van der Waals surface area (Å²) in [6.07, 6.45) is 0.642. The molecule has 43 heavy (non-hydrogen) atoms. The third-order valence-electron chi connectivity index (χ3n) is 7.76. The first-order chi connectivity index (χ1) is 20.7. The number of aromatic hydroxyl groups is 1. The summed E-state index contributed by atoms with van der Waals surface area (Å²) >= 11 is 1.38. The van der Waals surface area contributed by atoms with Gasteiger partial charge < -0.3 is 25.5 Å². The van der Waals surface area contributed by atoms with Gasteiger partial charge in [0.2, 0.25) is 0 Å². The monoisotopic (exact) mass is 602 g/mol. The van der Waals surface area contributed by atoms with Crippen molar-refractivity contribution < 1.29 is 14.7 Å². The molecule has 0 bridgehead atoms. The molecular formula is C31H34N6O5S. The second kappa shape index (κ2) is 12.6. The van der Waals surface area contributed by atoms with Crippen molar-refractivity contribution in [3.63, 3.8) is 0 Å². The fourth-order valence-electron chi connectivity index (χ4n) is 5.13. The van der Waals surface area contributed by atoms with E-state index in [2.05, 4.69) is 10.6 Å². The number of rotatable bonds is 8. The quantitative estimate of drug-likeness (QED) is 0.262. The minimum atomic E-state index is -0.491. The van der Waals surface area contributed by atoms with Crippen LogP contribution in [-0.4, -0.2) is 62.3 Å². The van der Waals surface area contributed by atoms with Crippen LogP contribution in [0.3, 0.4) is 0 Å². The number of phenolic OH excluding ortho intramolecular Hbond substituents is 1. The Hall–Kier alpha value is -4.84. The Morgan fingerprint density at radius 1 is 0.837 bits per heavy atom. The number of piperazine rings is 1. The van der Waals surface area contributed by atoms with Crippen LogP contribution in [0.2, 0.25) is 0 Å². The van der Waals surface area contributed by atoms with Crippen molar-refractivity contribution in [2.45, 2.75) is 19.4 Å². The summed E-state index contributed by atoms with van der Waals surface area (Å²) in [5.41, 5.74) is 0.208. The zero-order valence-electron chi connectivity index (χ0n) is 24.2. The highest BCUT2D eigenvalue weighted by Crippen LogP contribution is 2.33. The van der Waals surface area contributed by atoms with Crippen LogP contribution in [0, 0.1) is 0 Å². The maximum Gasteiger partial charge on any atom is 0.290 e. The Bertz CT molecular complexity index is 1740. The van der Waals surface area contributed by atoms with E-state index in [1.807, 2.05) is 48.7 Å². The van der Waals surface area contributed by atoms with Crippen molar-refractivity contribution in [3.05, 3.63) is 103 Å². The third kappa shape index (κ3) is 5.91. The van der Waals surface area contributed by atoms with Crippen LogP contribution in [0.5, 0.6) is 5.75 Å². The normalized spacial score (nSPS) is 13.9. The summed E-state index contributed by atoms with van der Waals surface area (Å²) in [7, 11) is 2.99. The molecule has 11 nitrogen and oxygen atoms in total. The number of para-hydroxylation sites is 1. The number of benzene rings is 2. The fraction of sp³-hybridized carbons (Fsp3) is 0.290. The Balaban J connectivity index is 1.41. The average molecular weight is 603 g/mol. The highest BCUT2D eigenvalue weighted by atomic mass is 32.1. The molecule has 2 aromatic carbocycles. The minimum Gasteiger partial charge on any atom is -0.505 e. The maximum absolute atomic E-state index is 13.5. The average Bonchev–Trinajstić information content (AvgIpc) is 3.58. The van der Waals surface area contributed by atoms with Crippen LogP contribution >= 0.6 is 11.3 Å². The molecule has 1 aliphatic heterocycles. The Kier molecular flexibility index (Phi) is 8.67. The molecule has 2 aromatic heterocycles. The van der Waals surface area contributed by atoms with Gasteiger partial charge in [0, 0.05) is 40.3 Å². The van der Waals surface area contributed by atoms with E-state index >= 15 is 0 Å². The molecule has 3 heterocycles. The predicted octanol–water partition coefficient (Wildman–Crippen LogP) is 3.76. The van der Waals surface area contributed by atoms with E-state index in [1.165, 1.54) is 40.9 Å². The van der Waals surface area contributed by atoms with Gasteiger partial charge in [-0.15, -0.1) is 11.3 Å². The van der Waals surface area contributed by atoms with Gasteiger partial charge in [-0.25, -0.2) is 9.36 Å². The van der Waals surface area contributed by atoms with Gasteiger partial charge in [0.05, 0.1) is 22.2 Å². The second-order valence-corrected chi connectivity index (χ2v) is 11.3. The molecule has 224 valence electrons. The van der Waals surface area contributed by atoms with Gasteiger partial charge in [0.15, 0.2) is 5.75 Å². The largest absolute Gasteiger partial charge is 0.505 e. The van der Waals surface area contributed by atoms with Crippen molar-refractivity contribution in [2.75, 3.05) is 36.8 Å².